The largest absolute Gasteiger partial charge is 0.370 e. The summed E-state index contributed by atoms with van der Waals surface area (Å²) >= 11 is 0. The molecule has 0 amide bonds. The second-order valence-corrected chi connectivity index (χ2v) is 6.62. The molecular formula is C20H23N5. The van der Waals surface area contributed by atoms with Gasteiger partial charge in [-0.15, -0.1) is 0 Å². The molecule has 0 bridgehead atoms. The molecule has 3 heterocycles. The smallest absolute Gasteiger partial charge is 0.125 e. The highest BCUT2D eigenvalue weighted by Gasteiger charge is 2.22. The first-order valence-electron chi connectivity index (χ1n) is 8.79. The fraction of sp³-hybridized carbons (Fsp3) is 0.300. The maximum atomic E-state index is 4.51. The zero-order valence-electron chi connectivity index (χ0n) is 14.3. The standard InChI is InChI=1S/C20H23N5/c1-2-6-17(7-3-1)13-24-14-18(12-22-20-8-4-5-10-21-20)15-25-19(16-24)9-11-23-25/h1-11,18H,12-16H2,(H,21,22). The first-order chi connectivity index (χ1) is 12.4. The predicted octanol–water partition coefficient (Wildman–Crippen LogP) is 3.02. The van der Waals surface area contributed by atoms with E-state index in [1.54, 1.807) is 0 Å². The van der Waals surface area contributed by atoms with Gasteiger partial charge in [-0.1, -0.05) is 36.4 Å². The maximum Gasteiger partial charge on any atom is 0.125 e. The number of benzene rings is 1. The van der Waals surface area contributed by atoms with E-state index in [4.69, 9.17) is 0 Å². The van der Waals surface area contributed by atoms with E-state index in [0.29, 0.717) is 5.92 Å². The van der Waals surface area contributed by atoms with Crippen molar-refractivity contribution in [2.24, 2.45) is 5.92 Å². The summed E-state index contributed by atoms with van der Waals surface area (Å²) < 4.78 is 2.15. The molecule has 0 saturated carbocycles. The highest BCUT2D eigenvalue weighted by Crippen LogP contribution is 2.18. The van der Waals surface area contributed by atoms with Crippen molar-refractivity contribution in [1.29, 1.82) is 0 Å². The number of fused-ring (bicyclic) bond motifs is 1. The third kappa shape index (κ3) is 4.06. The molecule has 4 rings (SSSR count). The molecule has 5 nitrogen and oxygen atoms in total. The molecule has 1 N–H and O–H groups in total. The number of aromatic nitrogens is 3. The van der Waals surface area contributed by atoms with E-state index in [-0.39, 0.29) is 0 Å². The third-order valence-electron chi connectivity index (χ3n) is 4.62. The Labute approximate surface area is 148 Å². The molecule has 0 fully saturated rings. The molecule has 3 aromatic rings. The van der Waals surface area contributed by atoms with Crippen LogP contribution < -0.4 is 5.32 Å². The molecule has 25 heavy (non-hydrogen) atoms. The van der Waals surface area contributed by atoms with Crippen LogP contribution in [0.3, 0.4) is 0 Å². The van der Waals surface area contributed by atoms with Crippen LogP contribution in [0.15, 0.2) is 67.0 Å². The summed E-state index contributed by atoms with van der Waals surface area (Å²) in [5.41, 5.74) is 2.64. The second kappa shape index (κ2) is 7.49. The summed E-state index contributed by atoms with van der Waals surface area (Å²) in [5, 5.41) is 7.98. The van der Waals surface area contributed by atoms with Gasteiger partial charge in [0.2, 0.25) is 0 Å². The zero-order chi connectivity index (χ0) is 16.9. The third-order valence-corrected chi connectivity index (χ3v) is 4.62. The predicted molar refractivity (Wildman–Crippen MR) is 99.0 cm³/mol. The van der Waals surface area contributed by atoms with Gasteiger partial charge >= 0.3 is 0 Å². The van der Waals surface area contributed by atoms with Crippen LogP contribution in [0.5, 0.6) is 0 Å². The highest BCUT2D eigenvalue weighted by molar-refractivity contribution is 5.33. The summed E-state index contributed by atoms with van der Waals surface area (Å²) in [5.74, 6) is 1.41. The van der Waals surface area contributed by atoms with E-state index in [9.17, 15) is 0 Å². The van der Waals surface area contributed by atoms with Gasteiger partial charge in [0, 0.05) is 51.0 Å². The van der Waals surface area contributed by atoms with Crippen molar-refractivity contribution >= 4 is 5.82 Å². The van der Waals surface area contributed by atoms with E-state index in [1.807, 2.05) is 30.6 Å². The molecule has 1 aliphatic heterocycles. The van der Waals surface area contributed by atoms with Gasteiger partial charge in [-0.3, -0.25) is 9.58 Å². The first-order valence-corrected chi connectivity index (χ1v) is 8.79. The van der Waals surface area contributed by atoms with Crippen molar-refractivity contribution in [2.75, 3.05) is 18.4 Å². The Balaban J connectivity index is 1.47. The van der Waals surface area contributed by atoms with Gasteiger partial charge in [-0.25, -0.2) is 4.98 Å². The number of hydrogen-bond acceptors (Lipinski definition) is 4. The fourth-order valence-corrected chi connectivity index (χ4v) is 3.43. The van der Waals surface area contributed by atoms with E-state index in [2.05, 4.69) is 61.4 Å². The van der Waals surface area contributed by atoms with Gasteiger partial charge in [-0.2, -0.15) is 5.10 Å². The number of nitrogens with one attached hydrogen (secondary N) is 1. The minimum absolute atomic E-state index is 0.479. The van der Waals surface area contributed by atoms with Crippen LogP contribution >= 0.6 is 0 Å². The van der Waals surface area contributed by atoms with Crippen LogP contribution in [0.25, 0.3) is 0 Å². The van der Waals surface area contributed by atoms with Crippen molar-refractivity contribution in [3.8, 4) is 0 Å². The van der Waals surface area contributed by atoms with Crippen molar-refractivity contribution < 1.29 is 0 Å². The topological polar surface area (TPSA) is 46.0 Å². The van der Waals surface area contributed by atoms with Gasteiger partial charge < -0.3 is 5.32 Å². The molecule has 2 aromatic heterocycles. The van der Waals surface area contributed by atoms with E-state index >= 15 is 0 Å². The van der Waals surface area contributed by atoms with Crippen LogP contribution in [-0.2, 0) is 19.6 Å². The van der Waals surface area contributed by atoms with Crippen molar-refractivity contribution in [2.45, 2.75) is 19.6 Å². The summed E-state index contributed by atoms with van der Waals surface area (Å²) in [6.07, 6.45) is 3.73. The number of nitrogens with zero attached hydrogens (tertiary/aromatic N) is 4. The minimum Gasteiger partial charge on any atom is -0.370 e. The fourth-order valence-electron chi connectivity index (χ4n) is 3.43. The molecule has 128 valence electrons. The Morgan fingerprint density at radius 3 is 2.68 bits per heavy atom. The highest BCUT2D eigenvalue weighted by atomic mass is 15.3. The van der Waals surface area contributed by atoms with Gasteiger partial charge in [-0.05, 0) is 23.8 Å². The zero-order valence-corrected chi connectivity index (χ0v) is 14.3. The SMILES string of the molecule is c1ccc(CN2Cc3ccnn3CC(CNc3ccccn3)C2)cc1. The van der Waals surface area contributed by atoms with Crippen LogP contribution in [0, 0.1) is 5.92 Å². The number of anilines is 1. The first kappa shape index (κ1) is 15.8. The number of hydrogen-bond donors (Lipinski definition) is 1. The van der Waals surface area contributed by atoms with Crippen LogP contribution in [-0.4, -0.2) is 32.8 Å². The number of rotatable bonds is 5. The Bertz CT molecular complexity index is 784. The lowest BCUT2D eigenvalue weighted by atomic mass is 10.1. The minimum atomic E-state index is 0.479. The average molecular weight is 333 g/mol. The average Bonchev–Trinajstić information content (AvgIpc) is 3.01. The molecular weight excluding hydrogens is 310 g/mol. The van der Waals surface area contributed by atoms with Crippen LogP contribution in [0.4, 0.5) is 5.82 Å². The number of pyridine rings is 1. The maximum absolute atomic E-state index is 4.51. The molecule has 5 heteroatoms. The lowest BCUT2D eigenvalue weighted by Crippen LogP contribution is -2.31. The summed E-state index contributed by atoms with van der Waals surface area (Å²) in [4.78, 5) is 6.88. The second-order valence-electron chi connectivity index (χ2n) is 6.62. The Morgan fingerprint density at radius 1 is 0.960 bits per heavy atom. The Hall–Kier alpha value is -2.66. The van der Waals surface area contributed by atoms with Crippen LogP contribution in [0.1, 0.15) is 11.3 Å². The van der Waals surface area contributed by atoms with Crippen molar-refractivity contribution in [1.82, 2.24) is 19.7 Å². The quantitative estimate of drug-likeness (QED) is 0.780. The molecule has 0 spiro atoms. The summed E-state index contributed by atoms with van der Waals surface area (Å²) in [7, 11) is 0. The van der Waals surface area contributed by atoms with Crippen LogP contribution in [0.2, 0.25) is 0 Å². The van der Waals surface area contributed by atoms with Crippen molar-refractivity contribution in [3.63, 3.8) is 0 Å². The van der Waals surface area contributed by atoms with Gasteiger partial charge in [0.1, 0.15) is 5.82 Å². The van der Waals surface area contributed by atoms with Gasteiger partial charge in [0.15, 0.2) is 0 Å². The lowest BCUT2D eigenvalue weighted by molar-refractivity contribution is 0.225. The Kier molecular flexibility index (Phi) is 4.74. The molecule has 0 saturated heterocycles. The van der Waals surface area contributed by atoms with Gasteiger partial charge in [0.25, 0.3) is 0 Å². The van der Waals surface area contributed by atoms with E-state index < -0.39 is 0 Å². The van der Waals surface area contributed by atoms with Crippen molar-refractivity contribution in [3.05, 3.63) is 78.2 Å². The molecule has 0 radical (unpaired) electrons. The normalized spacial score (nSPS) is 17.7. The Morgan fingerprint density at radius 2 is 1.84 bits per heavy atom. The summed E-state index contributed by atoms with van der Waals surface area (Å²) in [6, 6.07) is 18.8. The molecule has 0 aliphatic carbocycles. The summed E-state index contributed by atoms with van der Waals surface area (Å²) in [6.45, 7) is 4.77. The molecule has 1 atom stereocenters. The molecule has 1 aromatic carbocycles. The lowest BCUT2D eigenvalue weighted by Gasteiger charge is -2.24. The monoisotopic (exact) mass is 333 g/mol. The molecule has 1 unspecified atom stereocenters. The molecule has 1 aliphatic rings. The van der Waals surface area contributed by atoms with E-state index in [1.165, 1.54) is 11.3 Å². The van der Waals surface area contributed by atoms with E-state index in [0.717, 1.165) is 38.5 Å². The van der Waals surface area contributed by atoms with Gasteiger partial charge in [0.05, 0.1) is 5.69 Å².